The van der Waals surface area contributed by atoms with Crippen molar-refractivity contribution in [1.82, 2.24) is 0 Å². The van der Waals surface area contributed by atoms with Gasteiger partial charge in [-0.1, -0.05) is 42.9 Å². The Labute approximate surface area is 79.3 Å². The number of rotatable bonds is 2. The normalized spacial score (nSPS) is 16.5. The van der Waals surface area contributed by atoms with Gasteiger partial charge in [0.1, 0.15) is 0 Å². The summed E-state index contributed by atoms with van der Waals surface area (Å²) in [5.41, 5.74) is 1.33. The number of hydrogen-bond acceptors (Lipinski definition) is 0. The lowest BCUT2D eigenvalue weighted by Gasteiger charge is -2.01. The van der Waals surface area contributed by atoms with Crippen LogP contribution in [0.15, 0.2) is 22.8 Å². The second-order valence-electron chi connectivity index (χ2n) is 2.86. The van der Waals surface area contributed by atoms with Crippen LogP contribution < -0.4 is 0 Å². The Bertz CT molecular complexity index is 260. The van der Waals surface area contributed by atoms with Crippen LogP contribution in [0.5, 0.6) is 0 Å². The molecule has 0 atom stereocenters. The van der Waals surface area contributed by atoms with Crippen LogP contribution in [0.3, 0.4) is 0 Å². The molecule has 1 aliphatic carbocycles. The largest absolute Gasteiger partial charge is 0.0966 e. The average Bonchev–Trinajstić information content (AvgIpc) is 2.00. The van der Waals surface area contributed by atoms with E-state index in [1.165, 1.54) is 12.0 Å². The zero-order valence-corrected chi connectivity index (χ0v) is 8.12. The van der Waals surface area contributed by atoms with Crippen molar-refractivity contribution in [2.45, 2.75) is 32.6 Å². The van der Waals surface area contributed by atoms with Crippen molar-refractivity contribution in [3.8, 4) is 11.8 Å². The Kier molecular flexibility index (Phi) is 3.97. The fourth-order valence-electron chi connectivity index (χ4n) is 1.20. The molecule has 0 saturated carbocycles. The first-order valence-electron chi connectivity index (χ1n) is 4.38. The van der Waals surface area contributed by atoms with E-state index in [1.807, 2.05) is 6.08 Å². The maximum absolute atomic E-state index is 5.87. The minimum absolute atomic E-state index is 0.675. The van der Waals surface area contributed by atoms with Crippen molar-refractivity contribution >= 4 is 11.6 Å². The van der Waals surface area contributed by atoms with Gasteiger partial charge in [0.2, 0.25) is 0 Å². The summed E-state index contributed by atoms with van der Waals surface area (Å²) in [6.07, 6.45) is 8.48. The molecule has 1 heteroatoms. The third-order valence-corrected chi connectivity index (χ3v) is 1.94. The molecule has 0 aliphatic heterocycles. The van der Waals surface area contributed by atoms with E-state index in [2.05, 4.69) is 24.8 Å². The zero-order valence-electron chi connectivity index (χ0n) is 7.36. The van der Waals surface area contributed by atoms with Crippen LogP contribution in [0, 0.1) is 11.8 Å². The van der Waals surface area contributed by atoms with E-state index in [0.29, 0.717) is 5.03 Å². The Morgan fingerprint density at radius 3 is 3.17 bits per heavy atom. The minimum atomic E-state index is 0.675. The van der Waals surface area contributed by atoms with Crippen molar-refractivity contribution in [2.75, 3.05) is 0 Å². The second-order valence-corrected chi connectivity index (χ2v) is 3.27. The fourth-order valence-corrected chi connectivity index (χ4v) is 1.40. The predicted octanol–water partition coefficient (Wildman–Crippen LogP) is 3.63. The van der Waals surface area contributed by atoms with Gasteiger partial charge < -0.3 is 0 Å². The number of halogens is 1. The molecule has 1 rings (SSSR count). The van der Waals surface area contributed by atoms with Crippen LogP contribution in [0.1, 0.15) is 32.6 Å². The summed E-state index contributed by atoms with van der Waals surface area (Å²) in [4.78, 5) is 0. The lowest BCUT2D eigenvalue weighted by Crippen LogP contribution is -1.82. The van der Waals surface area contributed by atoms with E-state index in [9.17, 15) is 0 Å². The van der Waals surface area contributed by atoms with E-state index in [1.54, 1.807) is 0 Å². The van der Waals surface area contributed by atoms with Gasteiger partial charge >= 0.3 is 0 Å². The first-order chi connectivity index (χ1) is 5.83. The van der Waals surface area contributed by atoms with Gasteiger partial charge in [-0.3, -0.25) is 0 Å². The Morgan fingerprint density at radius 2 is 2.42 bits per heavy atom. The van der Waals surface area contributed by atoms with Gasteiger partial charge in [0, 0.05) is 6.42 Å². The van der Waals surface area contributed by atoms with E-state index in [4.69, 9.17) is 11.6 Å². The molecule has 64 valence electrons. The molecule has 0 nitrogen and oxygen atoms in total. The smallest absolute Gasteiger partial charge is 0.0906 e. The molecular weight excluding hydrogens is 168 g/mol. The summed E-state index contributed by atoms with van der Waals surface area (Å²) in [6, 6.07) is 0. The maximum Gasteiger partial charge on any atom is 0.0906 e. The highest BCUT2D eigenvalue weighted by atomic mass is 35.5. The van der Waals surface area contributed by atoms with Gasteiger partial charge in [0.25, 0.3) is 0 Å². The van der Waals surface area contributed by atoms with E-state index in [0.717, 1.165) is 19.3 Å². The lowest BCUT2D eigenvalue weighted by molar-refractivity contribution is 0.911. The highest BCUT2D eigenvalue weighted by Crippen LogP contribution is 2.14. The quantitative estimate of drug-likeness (QED) is 0.570. The van der Waals surface area contributed by atoms with Crippen molar-refractivity contribution in [2.24, 2.45) is 0 Å². The highest BCUT2D eigenvalue weighted by Gasteiger charge is 1.95. The Morgan fingerprint density at radius 1 is 1.58 bits per heavy atom. The van der Waals surface area contributed by atoms with Gasteiger partial charge in [-0.25, -0.2) is 0 Å². The van der Waals surface area contributed by atoms with Gasteiger partial charge in [0.05, 0.1) is 5.03 Å². The molecule has 0 aromatic heterocycles. The SMILES string of the molecule is CCCC1=CCCC#CC(Cl)=C1. The molecule has 0 N–H and O–H groups in total. The van der Waals surface area contributed by atoms with Crippen molar-refractivity contribution in [3.63, 3.8) is 0 Å². The Balaban J connectivity index is 2.73. The molecule has 0 unspecified atom stereocenters. The monoisotopic (exact) mass is 180 g/mol. The molecule has 0 amide bonds. The molecule has 0 fully saturated rings. The van der Waals surface area contributed by atoms with Crippen LogP contribution in [-0.2, 0) is 0 Å². The summed E-state index contributed by atoms with van der Waals surface area (Å²) in [5, 5.41) is 0.675. The topological polar surface area (TPSA) is 0 Å². The standard InChI is InChI=1S/C11H13Cl/c1-2-6-10-7-4-3-5-8-11(12)9-10/h7,9H,2-4,6H2,1H3. The molecule has 0 bridgehead atoms. The van der Waals surface area contributed by atoms with Crippen LogP contribution in [-0.4, -0.2) is 0 Å². The summed E-state index contributed by atoms with van der Waals surface area (Å²) in [5.74, 6) is 5.91. The summed E-state index contributed by atoms with van der Waals surface area (Å²) in [7, 11) is 0. The third-order valence-electron chi connectivity index (χ3n) is 1.73. The molecule has 0 saturated heterocycles. The molecule has 12 heavy (non-hydrogen) atoms. The highest BCUT2D eigenvalue weighted by molar-refractivity contribution is 6.32. The van der Waals surface area contributed by atoms with Gasteiger partial charge in [-0.2, -0.15) is 0 Å². The fraction of sp³-hybridized carbons (Fsp3) is 0.455. The first kappa shape index (κ1) is 9.42. The predicted molar refractivity (Wildman–Crippen MR) is 53.9 cm³/mol. The van der Waals surface area contributed by atoms with E-state index in [-0.39, 0.29) is 0 Å². The molecule has 0 heterocycles. The van der Waals surface area contributed by atoms with Crippen molar-refractivity contribution in [3.05, 3.63) is 22.8 Å². The van der Waals surface area contributed by atoms with Crippen LogP contribution >= 0.6 is 11.6 Å². The number of allylic oxidation sites excluding steroid dienone is 4. The lowest BCUT2D eigenvalue weighted by atomic mass is 10.1. The summed E-state index contributed by atoms with van der Waals surface area (Å²) < 4.78 is 0. The Hall–Kier alpha value is -0.670. The first-order valence-corrected chi connectivity index (χ1v) is 4.76. The van der Waals surface area contributed by atoms with Crippen molar-refractivity contribution < 1.29 is 0 Å². The van der Waals surface area contributed by atoms with E-state index < -0.39 is 0 Å². The summed E-state index contributed by atoms with van der Waals surface area (Å²) >= 11 is 5.87. The second kappa shape index (κ2) is 5.06. The molecular formula is C11H13Cl. The van der Waals surface area contributed by atoms with Crippen LogP contribution in [0.25, 0.3) is 0 Å². The maximum atomic E-state index is 5.87. The minimum Gasteiger partial charge on any atom is -0.0966 e. The molecule has 1 aliphatic rings. The van der Waals surface area contributed by atoms with Crippen LogP contribution in [0.4, 0.5) is 0 Å². The molecule has 0 spiro atoms. The van der Waals surface area contributed by atoms with Crippen molar-refractivity contribution in [1.29, 1.82) is 0 Å². The molecule has 0 aromatic carbocycles. The molecule has 0 radical (unpaired) electrons. The number of hydrogen-bond donors (Lipinski definition) is 0. The van der Waals surface area contributed by atoms with Gasteiger partial charge in [-0.05, 0) is 24.5 Å². The van der Waals surface area contributed by atoms with Crippen LogP contribution in [0.2, 0.25) is 0 Å². The average molecular weight is 181 g/mol. The molecule has 0 aromatic rings. The third kappa shape index (κ3) is 3.15. The van der Waals surface area contributed by atoms with E-state index >= 15 is 0 Å². The van der Waals surface area contributed by atoms with Gasteiger partial charge in [0.15, 0.2) is 0 Å². The van der Waals surface area contributed by atoms with Gasteiger partial charge in [-0.15, -0.1) is 0 Å². The zero-order chi connectivity index (χ0) is 8.81. The summed E-state index contributed by atoms with van der Waals surface area (Å²) in [6.45, 7) is 2.17.